The van der Waals surface area contributed by atoms with Gasteiger partial charge in [0.1, 0.15) is 11.1 Å². The van der Waals surface area contributed by atoms with Crippen molar-refractivity contribution in [3.05, 3.63) is 40.4 Å². The van der Waals surface area contributed by atoms with Crippen molar-refractivity contribution in [1.82, 2.24) is 10.2 Å². The Kier molecular flexibility index (Phi) is 5.07. The van der Waals surface area contributed by atoms with Crippen LogP contribution >= 0.6 is 23.1 Å². The summed E-state index contributed by atoms with van der Waals surface area (Å²) in [5, 5.41) is 12.3. The Morgan fingerprint density at radius 3 is 2.91 bits per heavy atom. The summed E-state index contributed by atoms with van der Waals surface area (Å²) in [6.07, 6.45) is 4.12. The lowest BCUT2D eigenvalue weighted by Gasteiger charge is -2.03. The molecule has 2 heterocycles. The first-order chi connectivity index (χ1) is 10.8. The lowest BCUT2D eigenvalue weighted by atomic mass is 10.1. The van der Waals surface area contributed by atoms with Crippen LogP contribution < -0.4 is 5.32 Å². The number of carbonyl (C=O) groups is 1. The molecule has 1 saturated heterocycles. The fraction of sp³-hybridized carbons (Fsp3) is 0.400. The minimum absolute atomic E-state index is 0.0361. The standard InChI is InChI=1S/C15H17N3O2S2/c1-21-9-10-4-6-11(7-5-10)13(19)16-15-18-17-14(22-15)12-3-2-8-20-12/h4-7,12H,2-3,8-9H2,1H3,(H,16,18,19). The highest BCUT2D eigenvalue weighted by Gasteiger charge is 2.22. The third-order valence-electron chi connectivity index (χ3n) is 3.39. The van der Waals surface area contributed by atoms with E-state index in [-0.39, 0.29) is 12.0 Å². The second kappa shape index (κ2) is 7.21. The largest absolute Gasteiger partial charge is 0.371 e. The fourth-order valence-electron chi connectivity index (χ4n) is 2.28. The Bertz CT molecular complexity index is 636. The number of aromatic nitrogens is 2. The molecule has 1 aromatic carbocycles. The van der Waals surface area contributed by atoms with Gasteiger partial charge in [0.2, 0.25) is 5.13 Å². The average Bonchev–Trinajstić information content (AvgIpc) is 3.19. The maximum atomic E-state index is 12.2. The smallest absolute Gasteiger partial charge is 0.257 e. The molecule has 1 N–H and O–H groups in total. The van der Waals surface area contributed by atoms with Crippen molar-refractivity contribution in [2.24, 2.45) is 0 Å². The van der Waals surface area contributed by atoms with E-state index in [1.807, 2.05) is 24.3 Å². The summed E-state index contributed by atoms with van der Waals surface area (Å²) in [5.41, 5.74) is 1.83. The summed E-state index contributed by atoms with van der Waals surface area (Å²) >= 11 is 3.14. The molecule has 0 saturated carbocycles. The lowest BCUT2D eigenvalue weighted by Crippen LogP contribution is -2.11. The van der Waals surface area contributed by atoms with Crippen LogP contribution in [0.2, 0.25) is 0 Å². The van der Waals surface area contributed by atoms with Gasteiger partial charge in [-0.25, -0.2) is 0 Å². The predicted octanol–water partition coefficient (Wildman–Crippen LogP) is 3.50. The van der Waals surface area contributed by atoms with Crippen LogP contribution in [0.15, 0.2) is 24.3 Å². The van der Waals surface area contributed by atoms with Gasteiger partial charge in [-0.15, -0.1) is 10.2 Å². The van der Waals surface area contributed by atoms with Crippen LogP contribution in [-0.2, 0) is 10.5 Å². The van der Waals surface area contributed by atoms with Gasteiger partial charge in [0, 0.05) is 17.9 Å². The number of thioether (sulfide) groups is 1. The second-order valence-electron chi connectivity index (χ2n) is 5.03. The van der Waals surface area contributed by atoms with Crippen LogP contribution in [0.1, 0.15) is 39.9 Å². The number of hydrogen-bond donors (Lipinski definition) is 1. The normalized spacial score (nSPS) is 17.6. The molecule has 1 fully saturated rings. The maximum absolute atomic E-state index is 12.2. The first-order valence-corrected chi connectivity index (χ1v) is 9.31. The maximum Gasteiger partial charge on any atom is 0.257 e. The van der Waals surface area contributed by atoms with E-state index < -0.39 is 0 Å². The highest BCUT2D eigenvalue weighted by molar-refractivity contribution is 7.97. The average molecular weight is 335 g/mol. The lowest BCUT2D eigenvalue weighted by molar-refractivity contribution is 0.102. The number of benzene rings is 1. The minimum atomic E-state index is -0.161. The van der Waals surface area contributed by atoms with Gasteiger partial charge in [-0.1, -0.05) is 23.5 Å². The predicted molar refractivity (Wildman–Crippen MR) is 89.5 cm³/mol. The van der Waals surface area contributed by atoms with Gasteiger partial charge in [0.05, 0.1) is 0 Å². The van der Waals surface area contributed by atoms with E-state index in [0.29, 0.717) is 10.7 Å². The van der Waals surface area contributed by atoms with Gasteiger partial charge >= 0.3 is 0 Å². The Labute approximate surface area is 137 Å². The van der Waals surface area contributed by atoms with E-state index in [2.05, 4.69) is 21.8 Å². The summed E-state index contributed by atoms with van der Waals surface area (Å²) in [5.74, 6) is 0.786. The van der Waals surface area contributed by atoms with Crippen LogP contribution in [0, 0.1) is 0 Å². The molecule has 1 aromatic heterocycles. The van der Waals surface area contributed by atoms with Crippen LogP contribution in [0.3, 0.4) is 0 Å². The third-order valence-corrected chi connectivity index (χ3v) is 4.95. The summed E-state index contributed by atoms with van der Waals surface area (Å²) < 4.78 is 5.57. The van der Waals surface area contributed by atoms with Crippen molar-refractivity contribution >= 4 is 34.1 Å². The molecule has 1 aliphatic rings. The summed E-state index contributed by atoms with van der Waals surface area (Å²) in [4.78, 5) is 12.2. The number of hydrogen-bond acceptors (Lipinski definition) is 6. The molecular formula is C15H17N3O2S2. The molecule has 7 heteroatoms. The van der Waals surface area contributed by atoms with Crippen LogP contribution in [0.25, 0.3) is 0 Å². The highest BCUT2D eigenvalue weighted by Crippen LogP contribution is 2.31. The molecule has 2 aromatic rings. The zero-order valence-corrected chi connectivity index (χ0v) is 13.9. The number of nitrogens with zero attached hydrogens (tertiary/aromatic N) is 2. The number of carbonyl (C=O) groups excluding carboxylic acids is 1. The van der Waals surface area contributed by atoms with Crippen LogP contribution in [0.4, 0.5) is 5.13 Å². The minimum Gasteiger partial charge on any atom is -0.371 e. The first kappa shape index (κ1) is 15.5. The summed E-state index contributed by atoms with van der Waals surface area (Å²) in [6.45, 7) is 0.772. The van der Waals surface area contributed by atoms with Crippen molar-refractivity contribution in [2.45, 2.75) is 24.7 Å². The Hall–Kier alpha value is -1.44. The molecule has 0 bridgehead atoms. The number of anilines is 1. The van der Waals surface area contributed by atoms with Gasteiger partial charge in [-0.2, -0.15) is 11.8 Å². The zero-order chi connectivity index (χ0) is 15.4. The summed E-state index contributed by atoms with van der Waals surface area (Å²) in [7, 11) is 0. The van der Waals surface area contributed by atoms with E-state index in [4.69, 9.17) is 4.74 Å². The van der Waals surface area contributed by atoms with Crippen molar-refractivity contribution in [2.75, 3.05) is 18.2 Å². The first-order valence-electron chi connectivity index (χ1n) is 7.10. The second-order valence-corrected chi connectivity index (χ2v) is 6.91. The Balaban J connectivity index is 1.63. The van der Waals surface area contributed by atoms with E-state index in [9.17, 15) is 4.79 Å². The topological polar surface area (TPSA) is 64.1 Å². The molecular weight excluding hydrogens is 318 g/mol. The van der Waals surface area contributed by atoms with Crippen molar-refractivity contribution in [1.29, 1.82) is 0 Å². The van der Waals surface area contributed by atoms with Crippen molar-refractivity contribution in [3.8, 4) is 0 Å². The third kappa shape index (κ3) is 3.66. The molecule has 1 unspecified atom stereocenters. The molecule has 116 valence electrons. The highest BCUT2D eigenvalue weighted by atomic mass is 32.2. The van der Waals surface area contributed by atoms with Gasteiger partial charge in [0.25, 0.3) is 5.91 Å². The van der Waals surface area contributed by atoms with E-state index in [1.54, 1.807) is 11.8 Å². The quantitative estimate of drug-likeness (QED) is 0.906. The molecule has 0 radical (unpaired) electrons. The number of amides is 1. The molecule has 1 amide bonds. The van der Waals surface area contributed by atoms with E-state index in [1.165, 1.54) is 16.9 Å². The molecule has 22 heavy (non-hydrogen) atoms. The van der Waals surface area contributed by atoms with Gasteiger partial charge in [0.15, 0.2) is 0 Å². The number of nitrogens with one attached hydrogen (secondary N) is 1. The molecule has 0 aliphatic carbocycles. The molecule has 0 spiro atoms. The zero-order valence-electron chi connectivity index (χ0n) is 12.2. The SMILES string of the molecule is CSCc1ccc(C(=O)Nc2nnc(C3CCCO3)s2)cc1. The van der Waals surface area contributed by atoms with Crippen LogP contribution in [0.5, 0.6) is 0 Å². The van der Waals surface area contributed by atoms with Crippen LogP contribution in [-0.4, -0.2) is 29.0 Å². The van der Waals surface area contributed by atoms with Crippen molar-refractivity contribution in [3.63, 3.8) is 0 Å². The molecule has 1 aliphatic heterocycles. The van der Waals surface area contributed by atoms with E-state index >= 15 is 0 Å². The number of rotatable bonds is 5. The Morgan fingerprint density at radius 2 is 2.23 bits per heavy atom. The van der Waals surface area contributed by atoms with Gasteiger partial charge in [-0.3, -0.25) is 10.1 Å². The van der Waals surface area contributed by atoms with E-state index in [0.717, 1.165) is 30.2 Å². The molecule has 3 rings (SSSR count). The Morgan fingerprint density at radius 1 is 1.41 bits per heavy atom. The monoisotopic (exact) mass is 335 g/mol. The number of ether oxygens (including phenoxy) is 1. The van der Waals surface area contributed by atoms with Gasteiger partial charge < -0.3 is 4.74 Å². The fourth-order valence-corrected chi connectivity index (χ4v) is 3.62. The van der Waals surface area contributed by atoms with Crippen molar-refractivity contribution < 1.29 is 9.53 Å². The summed E-state index contributed by atoms with van der Waals surface area (Å²) in [6, 6.07) is 7.62. The van der Waals surface area contributed by atoms with Gasteiger partial charge in [-0.05, 0) is 36.8 Å². The molecule has 1 atom stereocenters. The molecule has 5 nitrogen and oxygen atoms in total.